The van der Waals surface area contributed by atoms with Crippen LogP contribution in [0.15, 0.2) is 23.1 Å². The molecule has 1 saturated heterocycles. The van der Waals surface area contributed by atoms with Crippen molar-refractivity contribution in [3.8, 4) is 0 Å². The Morgan fingerprint density at radius 1 is 1.33 bits per heavy atom. The Labute approximate surface area is 201 Å². The molecule has 3 rings (SSSR count). The van der Waals surface area contributed by atoms with Crippen molar-refractivity contribution in [1.82, 2.24) is 20.0 Å². The lowest BCUT2D eigenvalue weighted by Gasteiger charge is -2.33. The average Bonchev–Trinajstić information content (AvgIpc) is 3.20. The van der Waals surface area contributed by atoms with Crippen LogP contribution < -0.4 is 5.32 Å². The van der Waals surface area contributed by atoms with Crippen molar-refractivity contribution in [2.75, 3.05) is 19.0 Å². The Kier molecular flexibility index (Phi) is 8.57. The molecule has 8 nitrogen and oxygen atoms in total. The van der Waals surface area contributed by atoms with E-state index in [1.807, 2.05) is 33.0 Å². The first-order valence-corrected chi connectivity index (χ1v) is 12.3. The van der Waals surface area contributed by atoms with Gasteiger partial charge in [-0.2, -0.15) is 5.10 Å². The number of aryl methyl sites for hydroxylation is 1. The van der Waals surface area contributed by atoms with Crippen LogP contribution in [0.1, 0.15) is 70.6 Å². The standard InChI is InChI=1S/C24H36ClN5O3/c1-17(19-15-27-30-13-6-5-9-20(19)30)14-21(26-11-10-25)28-22(31)18-8-7-12-29(16-18)23(32)33-24(2,3)4/h11,14-15,17-18H,5-10,12-13,16H2,1-4H3,(H,28,31)/b21-14+,26-11-/t17?,18-/m1/s1. The number of fused-ring (bicyclic) bond motifs is 1. The number of aliphatic imine (C=N–C) groups is 1. The lowest BCUT2D eigenvalue weighted by atomic mass is 9.96. The molecule has 9 heteroatoms. The van der Waals surface area contributed by atoms with Crippen molar-refractivity contribution in [2.24, 2.45) is 10.9 Å². The summed E-state index contributed by atoms with van der Waals surface area (Å²) < 4.78 is 7.56. The van der Waals surface area contributed by atoms with Crippen LogP contribution in [0.4, 0.5) is 4.79 Å². The highest BCUT2D eigenvalue weighted by Crippen LogP contribution is 2.27. The molecule has 33 heavy (non-hydrogen) atoms. The van der Waals surface area contributed by atoms with Gasteiger partial charge >= 0.3 is 6.09 Å². The fraction of sp³-hybridized carbons (Fsp3) is 0.667. The zero-order valence-electron chi connectivity index (χ0n) is 20.1. The molecule has 2 aliphatic heterocycles. The highest BCUT2D eigenvalue weighted by atomic mass is 35.5. The second-order valence-electron chi connectivity index (χ2n) is 9.79. The third-order valence-electron chi connectivity index (χ3n) is 5.91. The van der Waals surface area contributed by atoms with Gasteiger partial charge in [0.25, 0.3) is 0 Å². The number of hydrogen-bond acceptors (Lipinski definition) is 5. The first kappa shape index (κ1) is 25.3. The molecule has 0 aliphatic carbocycles. The van der Waals surface area contributed by atoms with Crippen molar-refractivity contribution in [3.63, 3.8) is 0 Å². The highest BCUT2D eigenvalue weighted by molar-refractivity contribution is 6.24. The molecule has 2 atom stereocenters. The van der Waals surface area contributed by atoms with Crippen LogP contribution >= 0.6 is 11.6 Å². The number of hydrogen-bond donors (Lipinski definition) is 1. The minimum Gasteiger partial charge on any atom is -0.444 e. The Bertz CT molecular complexity index is 902. The minimum absolute atomic E-state index is 0.0410. The Morgan fingerprint density at radius 3 is 2.85 bits per heavy atom. The quantitative estimate of drug-likeness (QED) is 0.490. The van der Waals surface area contributed by atoms with Gasteiger partial charge in [0, 0.05) is 43.0 Å². The first-order valence-electron chi connectivity index (χ1n) is 11.8. The third-order valence-corrected chi connectivity index (χ3v) is 6.05. The second kappa shape index (κ2) is 11.2. The number of piperidine rings is 1. The molecule has 1 unspecified atom stereocenters. The maximum Gasteiger partial charge on any atom is 0.410 e. The summed E-state index contributed by atoms with van der Waals surface area (Å²) in [7, 11) is 0. The summed E-state index contributed by atoms with van der Waals surface area (Å²) >= 11 is 5.81. The number of aromatic nitrogens is 2. The minimum atomic E-state index is -0.568. The summed E-state index contributed by atoms with van der Waals surface area (Å²) in [4.78, 5) is 31.5. The smallest absolute Gasteiger partial charge is 0.410 e. The van der Waals surface area contributed by atoms with Gasteiger partial charge in [-0.05, 0) is 59.0 Å². The molecule has 0 aromatic carbocycles. The zero-order valence-corrected chi connectivity index (χ0v) is 20.9. The predicted octanol–water partition coefficient (Wildman–Crippen LogP) is 4.24. The fourth-order valence-electron chi connectivity index (χ4n) is 4.31. The number of carbonyl (C=O) groups excluding carboxylic acids is 2. The topological polar surface area (TPSA) is 88.8 Å². The lowest BCUT2D eigenvalue weighted by molar-refractivity contribution is -0.125. The van der Waals surface area contributed by atoms with Crippen LogP contribution in [-0.4, -0.2) is 57.5 Å². The molecule has 182 valence electrons. The van der Waals surface area contributed by atoms with Gasteiger partial charge in [0.15, 0.2) is 0 Å². The number of allylic oxidation sites excluding steroid dienone is 1. The van der Waals surface area contributed by atoms with E-state index in [0.29, 0.717) is 25.3 Å². The van der Waals surface area contributed by atoms with Crippen LogP contribution in [0.3, 0.4) is 0 Å². The maximum atomic E-state index is 13.1. The number of rotatable bonds is 6. The van der Waals surface area contributed by atoms with Crippen molar-refractivity contribution in [1.29, 1.82) is 0 Å². The van der Waals surface area contributed by atoms with Gasteiger partial charge in [-0.25, -0.2) is 9.79 Å². The van der Waals surface area contributed by atoms with Gasteiger partial charge in [-0.15, -0.1) is 11.6 Å². The summed E-state index contributed by atoms with van der Waals surface area (Å²) in [6, 6.07) is 0. The van der Waals surface area contributed by atoms with Crippen LogP contribution in [0.2, 0.25) is 0 Å². The summed E-state index contributed by atoms with van der Waals surface area (Å²) in [5, 5.41) is 7.48. The third kappa shape index (κ3) is 7.06. The summed E-state index contributed by atoms with van der Waals surface area (Å²) in [6.45, 7) is 9.47. The number of nitrogens with zero attached hydrogens (tertiary/aromatic N) is 4. The SMILES string of the molecule is CC(/C=C(\N=C/CCl)NC(=O)[C@@H]1CCCN(C(=O)OC(C)(C)C)C1)c1cnn2c1CCCC2. The van der Waals surface area contributed by atoms with Crippen LogP contribution in [0.5, 0.6) is 0 Å². The molecule has 0 bridgehead atoms. The molecule has 3 heterocycles. The van der Waals surface area contributed by atoms with Gasteiger partial charge < -0.3 is 15.0 Å². The lowest BCUT2D eigenvalue weighted by Crippen LogP contribution is -2.46. The Morgan fingerprint density at radius 2 is 2.12 bits per heavy atom. The van der Waals surface area contributed by atoms with E-state index in [1.165, 1.54) is 12.1 Å². The van der Waals surface area contributed by atoms with Gasteiger partial charge in [-0.1, -0.05) is 6.92 Å². The largest absolute Gasteiger partial charge is 0.444 e. The molecule has 1 aromatic rings. The van der Waals surface area contributed by atoms with Crippen LogP contribution in [0.25, 0.3) is 0 Å². The van der Waals surface area contributed by atoms with Crippen molar-refractivity contribution in [2.45, 2.75) is 77.9 Å². The molecule has 2 aliphatic rings. The molecular weight excluding hydrogens is 442 g/mol. The zero-order chi connectivity index (χ0) is 24.0. The Hall–Kier alpha value is -2.35. The van der Waals surface area contributed by atoms with Gasteiger partial charge in [-0.3, -0.25) is 9.48 Å². The maximum absolute atomic E-state index is 13.1. The van der Waals surface area contributed by atoms with Gasteiger partial charge in [0.2, 0.25) is 5.91 Å². The summed E-state index contributed by atoms with van der Waals surface area (Å²) in [5.41, 5.74) is 1.86. The van der Waals surface area contributed by atoms with Crippen molar-refractivity contribution >= 4 is 29.8 Å². The number of halogens is 1. The van der Waals surface area contributed by atoms with E-state index in [-0.39, 0.29) is 29.7 Å². The monoisotopic (exact) mass is 477 g/mol. The van der Waals surface area contributed by atoms with E-state index in [1.54, 1.807) is 11.1 Å². The average molecular weight is 478 g/mol. The van der Waals surface area contributed by atoms with Crippen molar-refractivity contribution < 1.29 is 14.3 Å². The number of carbonyl (C=O) groups is 2. The molecule has 1 N–H and O–H groups in total. The summed E-state index contributed by atoms with van der Waals surface area (Å²) in [6.07, 6.45) is 9.86. The van der Waals surface area contributed by atoms with Gasteiger partial charge in [0.1, 0.15) is 11.4 Å². The number of amides is 2. The number of ether oxygens (including phenoxy) is 1. The molecule has 0 spiro atoms. The second-order valence-corrected chi connectivity index (χ2v) is 10.1. The molecule has 0 radical (unpaired) electrons. The van der Waals surface area contributed by atoms with E-state index in [0.717, 1.165) is 31.4 Å². The summed E-state index contributed by atoms with van der Waals surface area (Å²) in [5.74, 6) is 0.295. The first-order chi connectivity index (χ1) is 15.7. The van der Waals surface area contributed by atoms with Crippen molar-refractivity contribution in [3.05, 3.63) is 29.4 Å². The normalized spacial score (nSPS) is 20.5. The number of nitrogens with one attached hydrogen (secondary N) is 1. The fourth-order valence-corrected chi connectivity index (χ4v) is 4.38. The predicted molar refractivity (Wildman–Crippen MR) is 130 cm³/mol. The van der Waals surface area contributed by atoms with E-state index in [4.69, 9.17) is 16.3 Å². The van der Waals surface area contributed by atoms with E-state index >= 15 is 0 Å². The number of alkyl halides is 1. The molecular formula is C24H36ClN5O3. The molecule has 2 amide bonds. The van der Waals surface area contributed by atoms with E-state index in [2.05, 4.69) is 27.0 Å². The van der Waals surface area contributed by atoms with E-state index < -0.39 is 5.60 Å². The Balaban J connectivity index is 1.69. The van der Waals surface area contributed by atoms with Crippen LogP contribution in [-0.2, 0) is 22.5 Å². The van der Waals surface area contributed by atoms with E-state index in [9.17, 15) is 9.59 Å². The number of likely N-dealkylation sites (tertiary alicyclic amines) is 1. The van der Waals surface area contributed by atoms with Crippen LogP contribution in [0, 0.1) is 5.92 Å². The highest BCUT2D eigenvalue weighted by Gasteiger charge is 2.31. The molecule has 1 aromatic heterocycles. The molecule has 0 saturated carbocycles. The van der Waals surface area contributed by atoms with Gasteiger partial charge in [0.05, 0.1) is 18.0 Å². The molecule has 1 fully saturated rings.